The van der Waals surface area contributed by atoms with Crippen molar-refractivity contribution in [3.8, 4) is 10.6 Å². The van der Waals surface area contributed by atoms with Crippen molar-refractivity contribution in [2.45, 2.75) is 0 Å². The molecule has 0 radical (unpaired) electrons. The summed E-state index contributed by atoms with van der Waals surface area (Å²) < 4.78 is 1.11. The largest absolute Gasteiger partial charge is 0.322 e. The first kappa shape index (κ1) is 17.0. The van der Waals surface area contributed by atoms with Crippen LogP contribution in [0.5, 0.6) is 0 Å². The van der Waals surface area contributed by atoms with Crippen LogP contribution in [0.4, 0.5) is 5.69 Å². The number of para-hydroxylation sites is 1. The topological polar surface area (TPSA) is 42.0 Å². The van der Waals surface area contributed by atoms with Gasteiger partial charge in [0.1, 0.15) is 5.01 Å². The third-order valence-corrected chi connectivity index (χ3v) is 5.58. The highest BCUT2D eigenvalue weighted by atomic mass is 35.5. The number of hydrogen-bond donors (Lipinski definition) is 1. The molecule has 128 valence electrons. The number of aromatic nitrogens is 1. The molecule has 26 heavy (non-hydrogen) atoms. The van der Waals surface area contributed by atoms with Crippen LogP contribution in [-0.2, 0) is 0 Å². The minimum absolute atomic E-state index is 0.278. The van der Waals surface area contributed by atoms with Crippen LogP contribution >= 0.6 is 34.5 Å². The van der Waals surface area contributed by atoms with Crippen LogP contribution in [0, 0.1) is 0 Å². The number of amides is 1. The number of halogens is 2. The van der Waals surface area contributed by atoms with Crippen molar-refractivity contribution in [2.24, 2.45) is 0 Å². The maximum atomic E-state index is 12.4. The Kier molecular flexibility index (Phi) is 4.64. The predicted molar refractivity (Wildman–Crippen MR) is 109 cm³/mol. The van der Waals surface area contributed by atoms with Crippen molar-refractivity contribution in [3.63, 3.8) is 0 Å². The summed E-state index contributed by atoms with van der Waals surface area (Å²) in [7, 11) is 0. The van der Waals surface area contributed by atoms with E-state index >= 15 is 0 Å². The number of benzene rings is 3. The van der Waals surface area contributed by atoms with Crippen molar-refractivity contribution in [1.82, 2.24) is 4.98 Å². The van der Waals surface area contributed by atoms with Gasteiger partial charge in [0.05, 0.1) is 25.8 Å². The smallest absolute Gasteiger partial charge is 0.257 e. The van der Waals surface area contributed by atoms with E-state index in [-0.39, 0.29) is 5.91 Å². The minimum Gasteiger partial charge on any atom is -0.322 e. The highest BCUT2D eigenvalue weighted by molar-refractivity contribution is 7.21. The molecule has 0 aliphatic carbocycles. The van der Waals surface area contributed by atoms with Gasteiger partial charge in [0.2, 0.25) is 0 Å². The van der Waals surface area contributed by atoms with Crippen molar-refractivity contribution < 1.29 is 4.79 Å². The fourth-order valence-corrected chi connectivity index (χ4v) is 4.15. The standard InChI is InChI=1S/C20H12Cl2N2OS/c21-15-6-2-1-5-13(15)19(25)23-12-9-10-14(16(22)11-12)20-24-17-7-3-4-8-18(17)26-20/h1-11H,(H,23,25). The second kappa shape index (κ2) is 7.08. The summed E-state index contributed by atoms with van der Waals surface area (Å²) in [5, 5.41) is 4.60. The van der Waals surface area contributed by atoms with E-state index < -0.39 is 0 Å². The first-order valence-corrected chi connectivity index (χ1v) is 9.40. The molecule has 0 aliphatic rings. The van der Waals surface area contributed by atoms with Crippen LogP contribution in [0.3, 0.4) is 0 Å². The van der Waals surface area contributed by atoms with E-state index in [9.17, 15) is 4.79 Å². The lowest BCUT2D eigenvalue weighted by Crippen LogP contribution is -2.12. The van der Waals surface area contributed by atoms with E-state index in [0.717, 1.165) is 20.8 Å². The van der Waals surface area contributed by atoms with Gasteiger partial charge in [-0.15, -0.1) is 11.3 Å². The molecular formula is C20H12Cl2N2OS. The summed E-state index contributed by atoms with van der Waals surface area (Å²) in [6, 6.07) is 20.2. The van der Waals surface area contributed by atoms with Gasteiger partial charge in [0.15, 0.2) is 0 Å². The van der Waals surface area contributed by atoms with Crippen LogP contribution < -0.4 is 5.32 Å². The maximum Gasteiger partial charge on any atom is 0.257 e. The number of nitrogens with zero attached hydrogens (tertiary/aromatic N) is 1. The van der Waals surface area contributed by atoms with Crippen molar-refractivity contribution in [3.05, 3.63) is 82.3 Å². The fraction of sp³-hybridized carbons (Fsp3) is 0. The van der Waals surface area contributed by atoms with Crippen molar-refractivity contribution in [2.75, 3.05) is 5.32 Å². The fourth-order valence-electron chi connectivity index (χ4n) is 2.60. The number of anilines is 1. The van der Waals surface area contributed by atoms with Gasteiger partial charge in [-0.1, -0.05) is 47.5 Å². The molecule has 4 rings (SSSR count). The Bertz CT molecular complexity index is 1090. The molecule has 1 aromatic heterocycles. The number of carbonyl (C=O) groups excluding carboxylic acids is 1. The molecule has 3 aromatic carbocycles. The first-order chi connectivity index (χ1) is 12.6. The average molecular weight is 399 g/mol. The summed E-state index contributed by atoms with van der Waals surface area (Å²) in [5.41, 5.74) is 2.80. The van der Waals surface area contributed by atoms with Crippen LogP contribution in [-0.4, -0.2) is 10.9 Å². The van der Waals surface area contributed by atoms with E-state index in [1.165, 1.54) is 0 Å². The molecule has 0 saturated heterocycles. The van der Waals surface area contributed by atoms with Crippen LogP contribution in [0.1, 0.15) is 10.4 Å². The van der Waals surface area contributed by atoms with Crippen LogP contribution in [0.25, 0.3) is 20.8 Å². The lowest BCUT2D eigenvalue weighted by atomic mass is 10.2. The van der Waals surface area contributed by atoms with E-state index in [2.05, 4.69) is 10.3 Å². The lowest BCUT2D eigenvalue weighted by Gasteiger charge is -2.08. The molecule has 1 N–H and O–H groups in total. The third kappa shape index (κ3) is 3.31. The minimum atomic E-state index is -0.278. The molecule has 0 spiro atoms. The molecule has 0 aliphatic heterocycles. The zero-order valence-electron chi connectivity index (χ0n) is 13.4. The Hall–Kier alpha value is -2.40. The van der Waals surface area contributed by atoms with E-state index in [1.54, 1.807) is 41.7 Å². The highest BCUT2D eigenvalue weighted by Crippen LogP contribution is 2.35. The summed E-state index contributed by atoms with van der Waals surface area (Å²) in [5.74, 6) is -0.278. The Balaban J connectivity index is 1.62. The van der Waals surface area contributed by atoms with Gasteiger partial charge in [-0.05, 0) is 42.5 Å². The monoisotopic (exact) mass is 398 g/mol. The second-order valence-electron chi connectivity index (χ2n) is 5.62. The van der Waals surface area contributed by atoms with Gasteiger partial charge < -0.3 is 5.32 Å². The third-order valence-electron chi connectivity index (χ3n) is 3.87. The first-order valence-electron chi connectivity index (χ1n) is 7.83. The summed E-state index contributed by atoms with van der Waals surface area (Å²) >= 11 is 14.1. The molecule has 0 saturated carbocycles. The van der Waals surface area contributed by atoms with Gasteiger partial charge in [0.25, 0.3) is 5.91 Å². The molecule has 1 amide bonds. The van der Waals surface area contributed by atoms with Gasteiger partial charge in [0, 0.05) is 11.3 Å². The Morgan fingerprint density at radius 3 is 2.46 bits per heavy atom. The number of nitrogens with one attached hydrogen (secondary N) is 1. The Labute approximate surface area is 164 Å². The van der Waals surface area contributed by atoms with Crippen LogP contribution in [0.15, 0.2) is 66.7 Å². The molecular weight excluding hydrogens is 387 g/mol. The molecule has 1 heterocycles. The SMILES string of the molecule is O=C(Nc1ccc(-c2nc3ccccc3s2)c(Cl)c1)c1ccccc1Cl. The number of rotatable bonds is 3. The van der Waals surface area contributed by atoms with Gasteiger partial charge in [-0.3, -0.25) is 4.79 Å². The molecule has 0 unspecified atom stereocenters. The number of carbonyl (C=O) groups is 1. The highest BCUT2D eigenvalue weighted by Gasteiger charge is 2.13. The number of fused-ring (bicyclic) bond motifs is 1. The lowest BCUT2D eigenvalue weighted by molar-refractivity contribution is 0.102. The van der Waals surface area contributed by atoms with Crippen LogP contribution in [0.2, 0.25) is 10.0 Å². The average Bonchev–Trinajstić information content (AvgIpc) is 3.06. The van der Waals surface area contributed by atoms with E-state index in [0.29, 0.717) is 21.3 Å². The maximum absolute atomic E-state index is 12.4. The molecule has 0 fully saturated rings. The van der Waals surface area contributed by atoms with Crippen molar-refractivity contribution >= 4 is 56.3 Å². The number of thiazole rings is 1. The molecule has 4 aromatic rings. The quantitative estimate of drug-likeness (QED) is 0.426. The summed E-state index contributed by atoms with van der Waals surface area (Å²) in [4.78, 5) is 17.0. The summed E-state index contributed by atoms with van der Waals surface area (Å²) in [6.07, 6.45) is 0. The number of hydrogen-bond acceptors (Lipinski definition) is 3. The normalized spacial score (nSPS) is 10.8. The van der Waals surface area contributed by atoms with E-state index in [4.69, 9.17) is 23.2 Å². The van der Waals surface area contributed by atoms with E-state index in [1.807, 2.05) is 36.4 Å². The van der Waals surface area contributed by atoms with Gasteiger partial charge in [-0.25, -0.2) is 4.98 Å². The predicted octanol–water partition coefficient (Wildman–Crippen LogP) is 6.52. The second-order valence-corrected chi connectivity index (χ2v) is 7.46. The Morgan fingerprint density at radius 1 is 0.923 bits per heavy atom. The zero-order chi connectivity index (χ0) is 18.1. The molecule has 0 atom stereocenters. The molecule has 3 nitrogen and oxygen atoms in total. The Morgan fingerprint density at radius 2 is 1.69 bits per heavy atom. The summed E-state index contributed by atoms with van der Waals surface area (Å²) in [6.45, 7) is 0. The van der Waals surface area contributed by atoms with Crippen molar-refractivity contribution in [1.29, 1.82) is 0 Å². The van der Waals surface area contributed by atoms with Gasteiger partial charge >= 0.3 is 0 Å². The molecule has 0 bridgehead atoms. The van der Waals surface area contributed by atoms with Gasteiger partial charge in [-0.2, -0.15) is 0 Å². The zero-order valence-corrected chi connectivity index (χ0v) is 15.7. The molecule has 6 heteroatoms.